The van der Waals surface area contributed by atoms with E-state index in [1.807, 2.05) is 0 Å². The molecule has 4 atom stereocenters. The van der Waals surface area contributed by atoms with Crippen molar-refractivity contribution in [1.82, 2.24) is 9.96 Å². The quantitative estimate of drug-likeness (QED) is 0.413. The lowest BCUT2D eigenvalue weighted by Gasteiger charge is -2.41. The number of hydrogen-bond acceptors (Lipinski definition) is 4. The zero-order valence-corrected chi connectivity index (χ0v) is 18.6. The number of nitrogens with one attached hydrogen (secondary N) is 2. The average molecular weight is 472 g/mol. The molecule has 2 fully saturated rings. The predicted octanol–water partition coefficient (Wildman–Crippen LogP) is 4.09. The molecule has 0 aromatic rings. The first-order chi connectivity index (χ1) is 11.1. The summed E-state index contributed by atoms with van der Waals surface area (Å²) in [7, 11) is -2.61. The predicted molar refractivity (Wildman–Crippen MR) is 105 cm³/mol. The Kier molecular flexibility index (Phi) is 9.05. The Hall–Kier alpha value is 1.02. The third-order valence-corrected chi connectivity index (χ3v) is 9.89. The van der Waals surface area contributed by atoms with Crippen molar-refractivity contribution in [3.63, 3.8) is 0 Å². The Bertz CT molecular complexity index is 320. The van der Waals surface area contributed by atoms with Crippen LogP contribution in [0.4, 0.5) is 0 Å². The zero-order chi connectivity index (χ0) is 16.7. The van der Waals surface area contributed by atoms with Crippen LogP contribution in [0.25, 0.3) is 0 Å². The third kappa shape index (κ3) is 6.04. The van der Waals surface area contributed by atoms with Crippen LogP contribution in [0.3, 0.4) is 0 Å². The Balaban J connectivity index is 2.09. The Labute approximate surface area is 159 Å². The number of alkyl halides is 2. The SMILES string of the molecule is CCO[Si](NC1CCCCC1Br)(NC1CCCCC1Br)OCC. The maximum atomic E-state index is 6.22. The van der Waals surface area contributed by atoms with E-state index in [9.17, 15) is 0 Å². The van der Waals surface area contributed by atoms with Gasteiger partial charge in [-0.05, 0) is 39.5 Å². The van der Waals surface area contributed by atoms with Crippen molar-refractivity contribution in [2.45, 2.75) is 87.0 Å². The first-order valence-electron chi connectivity index (χ1n) is 9.21. The summed E-state index contributed by atoms with van der Waals surface area (Å²) < 4.78 is 12.4. The highest BCUT2D eigenvalue weighted by molar-refractivity contribution is 9.09. The number of rotatable bonds is 8. The molecular weight excluding hydrogens is 440 g/mol. The minimum Gasteiger partial charge on any atom is -0.371 e. The van der Waals surface area contributed by atoms with Gasteiger partial charge in [0, 0.05) is 35.0 Å². The smallest absolute Gasteiger partial charge is 0.371 e. The molecule has 0 radical (unpaired) electrons. The van der Waals surface area contributed by atoms with Gasteiger partial charge in [-0.15, -0.1) is 0 Å². The van der Waals surface area contributed by atoms with E-state index in [0.29, 0.717) is 35.0 Å². The summed E-state index contributed by atoms with van der Waals surface area (Å²) >= 11 is 7.72. The van der Waals surface area contributed by atoms with Gasteiger partial charge in [-0.1, -0.05) is 57.5 Å². The molecule has 0 heterocycles. The van der Waals surface area contributed by atoms with Crippen LogP contribution in [-0.2, 0) is 8.85 Å². The van der Waals surface area contributed by atoms with Crippen molar-refractivity contribution in [3.05, 3.63) is 0 Å². The lowest BCUT2D eigenvalue weighted by molar-refractivity contribution is 0.144. The second kappa shape index (κ2) is 10.2. The van der Waals surface area contributed by atoms with E-state index in [0.717, 1.165) is 0 Å². The molecule has 136 valence electrons. The van der Waals surface area contributed by atoms with Crippen molar-refractivity contribution >= 4 is 40.7 Å². The van der Waals surface area contributed by atoms with E-state index >= 15 is 0 Å². The topological polar surface area (TPSA) is 42.5 Å². The molecule has 0 spiro atoms. The molecule has 23 heavy (non-hydrogen) atoms. The van der Waals surface area contributed by atoms with Gasteiger partial charge >= 0.3 is 8.88 Å². The average Bonchev–Trinajstić information content (AvgIpc) is 2.52. The van der Waals surface area contributed by atoms with Gasteiger partial charge in [-0.3, -0.25) is 9.96 Å². The summed E-state index contributed by atoms with van der Waals surface area (Å²) in [6.45, 7) is 5.46. The molecule has 0 bridgehead atoms. The maximum absolute atomic E-state index is 6.22. The van der Waals surface area contributed by atoms with E-state index in [1.165, 1.54) is 51.4 Å². The van der Waals surface area contributed by atoms with E-state index < -0.39 is 8.88 Å². The minimum atomic E-state index is -2.61. The largest absolute Gasteiger partial charge is 0.517 e. The zero-order valence-electron chi connectivity index (χ0n) is 14.5. The highest BCUT2D eigenvalue weighted by Gasteiger charge is 2.46. The fourth-order valence-corrected chi connectivity index (χ4v) is 8.55. The minimum absolute atomic E-state index is 0.429. The van der Waals surface area contributed by atoms with E-state index in [4.69, 9.17) is 8.85 Å². The summed E-state index contributed by atoms with van der Waals surface area (Å²) in [5.74, 6) is 0. The highest BCUT2D eigenvalue weighted by atomic mass is 79.9. The Morgan fingerprint density at radius 3 is 1.52 bits per heavy atom. The van der Waals surface area contributed by atoms with Gasteiger partial charge in [0.1, 0.15) is 0 Å². The molecule has 2 aliphatic rings. The summed E-state index contributed by atoms with van der Waals surface area (Å²) in [6.07, 6.45) is 10.0. The van der Waals surface area contributed by atoms with Gasteiger partial charge in [0.15, 0.2) is 0 Å². The number of hydrogen-bond donors (Lipinski definition) is 2. The fraction of sp³-hybridized carbons (Fsp3) is 1.00. The molecule has 2 N–H and O–H groups in total. The van der Waals surface area contributed by atoms with Gasteiger partial charge in [0.25, 0.3) is 0 Å². The molecule has 0 aromatic carbocycles. The van der Waals surface area contributed by atoms with Gasteiger partial charge in [0.05, 0.1) is 0 Å². The van der Waals surface area contributed by atoms with Crippen LogP contribution in [0, 0.1) is 0 Å². The van der Waals surface area contributed by atoms with E-state index in [-0.39, 0.29) is 0 Å². The van der Waals surface area contributed by atoms with Crippen LogP contribution in [0.1, 0.15) is 65.2 Å². The normalized spacial score (nSPS) is 32.9. The molecule has 2 aliphatic carbocycles. The molecule has 0 amide bonds. The van der Waals surface area contributed by atoms with Crippen LogP contribution in [0.5, 0.6) is 0 Å². The Morgan fingerprint density at radius 1 is 0.783 bits per heavy atom. The van der Waals surface area contributed by atoms with Crippen molar-refractivity contribution < 1.29 is 8.85 Å². The summed E-state index contributed by atoms with van der Waals surface area (Å²) in [6, 6.07) is 0.858. The van der Waals surface area contributed by atoms with Crippen molar-refractivity contribution in [2.24, 2.45) is 0 Å². The van der Waals surface area contributed by atoms with Crippen LogP contribution in [0.15, 0.2) is 0 Å². The third-order valence-electron chi connectivity index (χ3n) is 4.81. The first kappa shape index (κ1) is 20.3. The molecule has 4 unspecified atom stereocenters. The number of halogens is 2. The van der Waals surface area contributed by atoms with Crippen molar-refractivity contribution in [3.8, 4) is 0 Å². The summed E-state index contributed by atoms with van der Waals surface area (Å²) in [4.78, 5) is 8.63. The van der Waals surface area contributed by atoms with E-state index in [1.54, 1.807) is 0 Å². The molecular formula is C16H32Br2N2O2Si. The van der Waals surface area contributed by atoms with Crippen molar-refractivity contribution in [2.75, 3.05) is 13.2 Å². The molecule has 0 aromatic heterocycles. The van der Waals surface area contributed by atoms with Crippen LogP contribution in [-0.4, -0.2) is 43.8 Å². The molecule has 0 aliphatic heterocycles. The monoisotopic (exact) mass is 470 g/mol. The summed E-state index contributed by atoms with van der Waals surface area (Å²) in [5.41, 5.74) is 0. The second-order valence-electron chi connectivity index (χ2n) is 6.59. The van der Waals surface area contributed by atoms with Crippen LogP contribution >= 0.6 is 31.9 Å². The van der Waals surface area contributed by atoms with Crippen LogP contribution < -0.4 is 9.96 Å². The molecule has 7 heteroatoms. The fourth-order valence-electron chi connectivity index (χ4n) is 3.64. The lowest BCUT2D eigenvalue weighted by atomic mass is 9.96. The second-order valence-corrected chi connectivity index (χ2v) is 11.3. The summed E-state index contributed by atoms with van der Waals surface area (Å²) in [5, 5.41) is 0. The first-order valence-corrected chi connectivity index (χ1v) is 12.9. The van der Waals surface area contributed by atoms with Gasteiger partial charge in [0.2, 0.25) is 0 Å². The maximum Gasteiger partial charge on any atom is 0.517 e. The standard InChI is InChI=1S/C16H32Br2N2O2Si/c1-3-21-23(22-4-2,19-15-11-7-5-9-13(15)17)20-16-12-8-6-10-14(16)18/h13-16,19-20H,3-12H2,1-2H3. The molecule has 4 nitrogen and oxygen atoms in total. The Morgan fingerprint density at radius 2 is 1.17 bits per heavy atom. The van der Waals surface area contributed by atoms with Gasteiger partial charge < -0.3 is 8.85 Å². The molecule has 2 saturated carbocycles. The van der Waals surface area contributed by atoms with Gasteiger partial charge in [-0.2, -0.15) is 0 Å². The molecule has 2 rings (SSSR count). The van der Waals surface area contributed by atoms with Crippen LogP contribution in [0.2, 0.25) is 0 Å². The highest BCUT2D eigenvalue weighted by Crippen LogP contribution is 2.28. The lowest BCUT2D eigenvalue weighted by Crippen LogP contribution is -2.73. The van der Waals surface area contributed by atoms with Crippen molar-refractivity contribution in [1.29, 1.82) is 0 Å². The van der Waals surface area contributed by atoms with E-state index in [2.05, 4.69) is 55.7 Å². The van der Waals surface area contributed by atoms with Gasteiger partial charge in [-0.25, -0.2) is 0 Å². The molecule has 0 saturated heterocycles.